The van der Waals surface area contributed by atoms with Gasteiger partial charge in [-0.15, -0.1) is 0 Å². The lowest BCUT2D eigenvalue weighted by Crippen LogP contribution is -2.60. The predicted octanol–water partition coefficient (Wildman–Crippen LogP) is 19.8. The molecule has 9 aromatic rings. The van der Waals surface area contributed by atoms with Gasteiger partial charge in [-0.25, -0.2) is 0 Å². The third-order valence-corrected chi connectivity index (χ3v) is 27.8. The highest BCUT2D eigenvalue weighted by molar-refractivity contribution is 7.05. The summed E-state index contributed by atoms with van der Waals surface area (Å²) in [6.07, 6.45) is 24.8. The molecule has 8 aromatic carbocycles. The Kier molecular flexibility index (Phi) is 17.6. The molecule has 1 atom stereocenters. The van der Waals surface area contributed by atoms with E-state index in [2.05, 4.69) is 185 Å². The lowest BCUT2D eigenvalue weighted by atomic mass is 10.0. The first-order valence-electron chi connectivity index (χ1n) is 29.3. The van der Waals surface area contributed by atoms with Crippen LogP contribution in [0.2, 0.25) is 24.2 Å². The first kappa shape index (κ1) is 51.9. The molecule has 0 amide bonds. The molecule has 0 fully saturated rings. The Bertz CT molecular complexity index is 3210. The van der Waals surface area contributed by atoms with Crippen LogP contribution >= 0.6 is 0 Å². The number of aromatic nitrogens is 1. The Morgan fingerprint density at radius 2 is 0.722 bits per heavy atom. The summed E-state index contributed by atoms with van der Waals surface area (Å²) in [4.78, 5) is 0. The van der Waals surface area contributed by atoms with Crippen LogP contribution in [-0.4, -0.2) is 20.5 Å². The van der Waals surface area contributed by atoms with Gasteiger partial charge in [0.2, 0.25) is 0 Å². The minimum Gasteiger partial charge on any atom is -0.363 e. The number of para-hydroxylation sites is 1. The average molecular weight is 987 g/mol. The van der Waals surface area contributed by atoms with E-state index < -0.39 is 16.3 Å². The van der Waals surface area contributed by atoms with Crippen molar-refractivity contribution in [3.8, 4) is 0 Å². The van der Waals surface area contributed by atoms with Gasteiger partial charge in [0.15, 0.2) is 8.24 Å². The Morgan fingerprint density at radius 3 is 1.26 bits per heavy atom. The van der Waals surface area contributed by atoms with Crippen LogP contribution in [-0.2, 0) is 0 Å². The fourth-order valence-corrected chi connectivity index (χ4v) is 24.6. The standard InChI is InChI=1S/C69H87NSi2/c1-7-11-15-19-28-44-71(45-29-20-16-12-8-2,67-41-39-54(6)60-49-55-32-22-23-33-56(55)50-62(60)67)68-42-43-69(64-52-58-35-25-24-34-57(58)51-63(64)68)72(46-30-18-14-10-4,47-31-21-17-13-9-3)70-65-37-27-26-36-59(65)61-48-53(5)38-40-66(61)70/h22-27,32-43,48-52H,7-21,28-31,44-47H2,1-6H3. The monoisotopic (exact) mass is 986 g/mol. The van der Waals surface area contributed by atoms with Gasteiger partial charge < -0.3 is 4.23 Å². The van der Waals surface area contributed by atoms with Gasteiger partial charge >= 0.3 is 0 Å². The Hall–Kier alpha value is -4.97. The van der Waals surface area contributed by atoms with Crippen LogP contribution in [0, 0.1) is 13.8 Å². The van der Waals surface area contributed by atoms with Crippen molar-refractivity contribution in [3.63, 3.8) is 0 Å². The quantitative estimate of drug-likeness (QED) is 0.0275. The molecule has 0 aliphatic carbocycles. The predicted molar refractivity (Wildman–Crippen MR) is 327 cm³/mol. The summed E-state index contributed by atoms with van der Waals surface area (Å²) in [6.45, 7) is 14.1. The van der Waals surface area contributed by atoms with Crippen molar-refractivity contribution >= 4 is 96.8 Å². The summed E-state index contributed by atoms with van der Waals surface area (Å²) in [6, 6.07) is 62.1. The van der Waals surface area contributed by atoms with Gasteiger partial charge in [-0.05, 0) is 145 Å². The first-order valence-corrected chi connectivity index (χ1v) is 34.0. The van der Waals surface area contributed by atoms with Gasteiger partial charge in [-0.2, -0.15) is 0 Å². The van der Waals surface area contributed by atoms with Gasteiger partial charge in [0, 0.05) is 21.8 Å². The number of hydrogen-bond donors (Lipinski definition) is 0. The van der Waals surface area contributed by atoms with Crippen LogP contribution in [0.25, 0.3) is 64.9 Å². The molecule has 0 radical (unpaired) electrons. The highest BCUT2D eigenvalue weighted by Crippen LogP contribution is 2.40. The van der Waals surface area contributed by atoms with Gasteiger partial charge in [0.05, 0.1) is 0 Å². The number of hydrogen-bond acceptors (Lipinski definition) is 0. The van der Waals surface area contributed by atoms with Crippen molar-refractivity contribution in [2.24, 2.45) is 0 Å². The second-order valence-corrected chi connectivity index (χ2v) is 30.7. The third-order valence-electron chi connectivity index (χ3n) is 17.3. The zero-order valence-corrected chi connectivity index (χ0v) is 47.5. The minimum atomic E-state index is -2.60. The van der Waals surface area contributed by atoms with Crippen LogP contribution in [0.5, 0.6) is 0 Å². The van der Waals surface area contributed by atoms with E-state index in [4.69, 9.17) is 0 Å². The fourth-order valence-electron chi connectivity index (χ4n) is 13.5. The Labute approximate surface area is 436 Å². The van der Waals surface area contributed by atoms with Crippen molar-refractivity contribution in [1.29, 1.82) is 0 Å². The SMILES string of the molecule is CCCCCCC[Si](CCCCCCC)(c1ccc(C)c2cc3ccccc3cc12)c1ccc([Si](CCCCCC)(CCCCCCC)n2c3ccccc3c3cc(C)ccc32)c2cc3ccccc3cc12. The molecule has 0 aliphatic heterocycles. The van der Waals surface area contributed by atoms with Crippen LogP contribution in [0.4, 0.5) is 0 Å². The van der Waals surface area contributed by atoms with Crippen molar-refractivity contribution in [2.75, 3.05) is 0 Å². The Balaban J connectivity index is 1.39. The molecule has 1 aromatic heterocycles. The second kappa shape index (κ2) is 24.4. The van der Waals surface area contributed by atoms with Crippen molar-refractivity contribution < 1.29 is 0 Å². The van der Waals surface area contributed by atoms with E-state index in [1.807, 2.05) is 0 Å². The molecule has 72 heavy (non-hydrogen) atoms. The number of fused-ring (bicyclic) bond motifs is 7. The highest BCUT2D eigenvalue weighted by atomic mass is 28.3. The smallest absolute Gasteiger partial charge is 0.194 e. The maximum atomic E-state index is 3.05. The third kappa shape index (κ3) is 10.7. The van der Waals surface area contributed by atoms with Gasteiger partial charge in [0.25, 0.3) is 0 Å². The number of nitrogens with zero attached hydrogens (tertiary/aromatic N) is 1. The minimum absolute atomic E-state index is 1.26. The summed E-state index contributed by atoms with van der Waals surface area (Å²) in [5, 5.41) is 19.6. The lowest BCUT2D eigenvalue weighted by molar-refractivity contribution is 0.644. The van der Waals surface area contributed by atoms with E-state index in [9.17, 15) is 0 Å². The summed E-state index contributed by atoms with van der Waals surface area (Å²) in [5.74, 6) is 0. The molecule has 1 heterocycles. The lowest BCUT2D eigenvalue weighted by Gasteiger charge is -2.39. The molecule has 9 rings (SSSR count). The van der Waals surface area contributed by atoms with Crippen LogP contribution in [0.3, 0.4) is 0 Å². The van der Waals surface area contributed by atoms with E-state index in [1.165, 1.54) is 211 Å². The van der Waals surface area contributed by atoms with E-state index in [-0.39, 0.29) is 0 Å². The van der Waals surface area contributed by atoms with E-state index in [0.717, 1.165) is 0 Å². The summed E-state index contributed by atoms with van der Waals surface area (Å²) in [5.41, 5.74) is 5.66. The Morgan fingerprint density at radius 1 is 0.319 bits per heavy atom. The molecular formula is C69H87NSi2. The molecule has 3 heteroatoms. The number of benzene rings is 8. The topological polar surface area (TPSA) is 4.93 Å². The van der Waals surface area contributed by atoms with Crippen LogP contribution < -0.4 is 15.6 Å². The molecule has 0 saturated heterocycles. The average Bonchev–Trinajstić information content (AvgIpc) is 3.73. The van der Waals surface area contributed by atoms with Gasteiger partial charge in [0.1, 0.15) is 8.07 Å². The number of aryl methyl sites for hydroxylation is 2. The van der Waals surface area contributed by atoms with E-state index in [0.29, 0.717) is 0 Å². The molecule has 0 aliphatic rings. The number of unbranched alkanes of at least 4 members (excludes halogenated alkanes) is 15. The normalized spacial score (nSPS) is 13.1. The largest absolute Gasteiger partial charge is 0.363 e. The van der Waals surface area contributed by atoms with Crippen molar-refractivity contribution in [1.82, 2.24) is 4.23 Å². The van der Waals surface area contributed by atoms with Crippen LogP contribution in [0.1, 0.15) is 161 Å². The first-order chi connectivity index (χ1) is 35.4. The van der Waals surface area contributed by atoms with Crippen molar-refractivity contribution in [2.45, 2.75) is 188 Å². The zero-order valence-electron chi connectivity index (χ0n) is 45.5. The maximum absolute atomic E-state index is 3.05. The number of rotatable bonds is 27. The summed E-state index contributed by atoms with van der Waals surface area (Å²) in [7, 11) is -5.10. The zero-order chi connectivity index (χ0) is 49.9. The molecular weight excluding hydrogens is 899 g/mol. The molecule has 0 bridgehead atoms. The second-order valence-electron chi connectivity index (χ2n) is 22.4. The van der Waals surface area contributed by atoms with Crippen LogP contribution in [0.15, 0.2) is 140 Å². The summed E-state index contributed by atoms with van der Waals surface area (Å²) < 4.78 is 3.05. The molecule has 1 nitrogen and oxygen atoms in total. The van der Waals surface area contributed by atoms with Gasteiger partial charge in [-0.3, -0.25) is 0 Å². The summed E-state index contributed by atoms with van der Waals surface area (Å²) >= 11 is 0. The maximum Gasteiger partial charge on any atom is 0.194 e. The van der Waals surface area contributed by atoms with E-state index in [1.54, 1.807) is 26.3 Å². The molecule has 0 saturated carbocycles. The molecule has 1 unspecified atom stereocenters. The highest BCUT2D eigenvalue weighted by Gasteiger charge is 2.44. The molecule has 0 spiro atoms. The molecule has 376 valence electrons. The molecule has 0 N–H and O–H groups in total. The van der Waals surface area contributed by atoms with Gasteiger partial charge in [-0.1, -0.05) is 252 Å². The fraction of sp³-hybridized carbons (Fsp3) is 0.420. The van der Waals surface area contributed by atoms with Crippen molar-refractivity contribution in [3.05, 3.63) is 151 Å². The van der Waals surface area contributed by atoms with E-state index >= 15 is 0 Å².